The van der Waals surface area contributed by atoms with Crippen LogP contribution in [0, 0.1) is 5.41 Å². The van der Waals surface area contributed by atoms with E-state index >= 15 is 0 Å². The van der Waals surface area contributed by atoms with E-state index in [1.807, 2.05) is 0 Å². The normalized spacial score (nSPS) is 15.2. The lowest BCUT2D eigenvalue weighted by Gasteiger charge is -2.24. The molecule has 0 bridgehead atoms. The number of hydrogen-bond acceptors (Lipinski definition) is 1. The van der Waals surface area contributed by atoms with Crippen LogP contribution in [-0.2, 0) is 0 Å². The maximum Gasteiger partial charge on any atom is 0.0244 e. The Hall–Kier alpha value is 0.440. The highest BCUT2D eigenvalue weighted by molar-refractivity contribution is 9.09. The summed E-state index contributed by atoms with van der Waals surface area (Å²) >= 11 is 3.55. The van der Waals surface area contributed by atoms with Gasteiger partial charge >= 0.3 is 0 Å². The first kappa shape index (κ1) is 12.4. The molecule has 2 heteroatoms. The van der Waals surface area contributed by atoms with Crippen molar-refractivity contribution in [3.63, 3.8) is 0 Å². The van der Waals surface area contributed by atoms with E-state index in [9.17, 15) is 0 Å². The minimum Gasteiger partial charge on any atom is -0.305 e. The van der Waals surface area contributed by atoms with Crippen molar-refractivity contribution in [2.75, 3.05) is 20.1 Å². The minimum absolute atomic E-state index is 0.462. The average molecular weight is 236 g/mol. The van der Waals surface area contributed by atoms with Crippen molar-refractivity contribution in [3.05, 3.63) is 0 Å². The molecule has 0 fully saturated rings. The van der Waals surface area contributed by atoms with E-state index in [-0.39, 0.29) is 0 Å². The summed E-state index contributed by atoms with van der Waals surface area (Å²) in [7, 11) is 2.18. The fourth-order valence-corrected chi connectivity index (χ4v) is 1.54. The summed E-state index contributed by atoms with van der Waals surface area (Å²) in [6.07, 6.45) is 1.27. The van der Waals surface area contributed by atoms with Crippen LogP contribution in [0.3, 0.4) is 0 Å². The molecular weight excluding hydrogens is 214 g/mol. The molecule has 1 nitrogen and oxygen atoms in total. The van der Waals surface area contributed by atoms with E-state index < -0.39 is 0 Å². The molecule has 0 amide bonds. The molecular formula is C10H22BrN. The molecule has 0 heterocycles. The highest BCUT2D eigenvalue weighted by atomic mass is 79.9. The minimum atomic E-state index is 0.462. The summed E-state index contributed by atoms with van der Waals surface area (Å²) in [4.78, 5) is 2.98. The molecule has 0 spiro atoms. The van der Waals surface area contributed by atoms with Crippen molar-refractivity contribution in [3.8, 4) is 0 Å². The fourth-order valence-electron chi connectivity index (χ4n) is 1.05. The fraction of sp³-hybridized carbons (Fsp3) is 1.00. The van der Waals surface area contributed by atoms with E-state index in [0.29, 0.717) is 10.2 Å². The third-order valence-corrected chi connectivity index (χ3v) is 2.10. The van der Waals surface area contributed by atoms with Crippen LogP contribution in [0.15, 0.2) is 0 Å². The highest BCUT2D eigenvalue weighted by Gasteiger charge is 2.11. The Balaban J connectivity index is 3.51. The molecule has 1 unspecified atom stereocenters. The zero-order valence-electron chi connectivity index (χ0n) is 9.02. The van der Waals surface area contributed by atoms with E-state index in [2.05, 4.69) is 55.6 Å². The van der Waals surface area contributed by atoms with Crippen LogP contribution in [0.2, 0.25) is 0 Å². The van der Waals surface area contributed by atoms with Gasteiger partial charge in [-0.25, -0.2) is 0 Å². The molecule has 0 aromatic rings. The molecule has 1 atom stereocenters. The molecule has 0 aromatic carbocycles. The summed E-state index contributed by atoms with van der Waals surface area (Å²) in [5, 5.41) is 0. The van der Waals surface area contributed by atoms with Crippen LogP contribution in [0.1, 0.15) is 34.1 Å². The van der Waals surface area contributed by atoms with E-state index in [1.165, 1.54) is 13.0 Å². The van der Waals surface area contributed by atoms with Gasteiger partial charge in [-0.1, -0.05) is 43.6 Å². The van der Waals surface area contributed by atoms with Crippen LogP contribution in [0.5, 0.6) is 0 Å². The second kappa shape index (κ2) is 5.23. The van der Waals surface area contributed by atoms with Crippen molar-refractivity contribution in [1.29, 1.82) is 0 Å². The molecule has 0 aromatic heterocycles. The summed E-state index contributed by atoms with van der Waals surface area (Å²) < 4.78 is 0. The van der Waals surface area contributed by atoms with Crippen LogP contribution in [0.4, 0.5) is 0 Å². The summed E-state index contributed by atoms with van der Waals surface area (Å²) in [5.74, 6) is 0. The van der Waals surface area contributed by atoms with Crippen LogP contribution < -0.4 is 0 Å². The zero-order chi connectivity index (χ0) is 9.78. The lowest BCUT2D eigenvalue weighted by Crippen LogP contribution is -2.28. The highest BCUT2D eigenvalue weighted by Crippen LogP contribution is 2.18. The molecule has 0 rings (SSSR count). The predicted octanol–water partition coefficient (Wildman–Crippen LogP) is 3.14. The lowest BCUT2D eigenvalue weighted by molar-refractivity contribution is 0.267. The molecule has 0 aliphatic heterocycles. The number of rotatable bonds is 4. The summed E-state index contributed by atoms with van der Waals surface area (Å²) in [5.41, 5.74) is 0.462. The lowest BCUT2D eigenvalue weighted by atomic mass is 9.92. The van der Waals surface area contributed by atoms with E-state index in [4.69, 9.17) is 0 Å². The van der Waals surface area contributed by atoms with Gasteiger partial charge in [0, 0.05) is 11.4 Å². The Kier molecular flexibility index (Phi) is 5.42. The van der Waals surface area contributed by atoms with Crippen LogP contribution in [0.25, 0.3) is 0 Å². The maximum absolute atomic E-state index is 3.55. The Morgan fingerprint density at radius 3 is 2.17 bits per heavy atom. The Morgan fingerprint density at radius 1 is 1.33 bits per heavy atom. The van der Waals surface area contributed by atoms with Gasteiger partial charge < -0.3 is 4.90 Å². The van der Waals surface area contributed by atoms with Crippen molar-refractivity contribution < 1.29 is 0 Å². The van der Waals surface area contributed by atoms with E-state index in [0.717, 1.165) is 6.54 Å². The smallest absolute Gasteiger partial charge is 0.0244 e. The first-order valence-corrected chi connectivity index (χ1v) is 5.55. The molecule has 0 N–H and O–H groups in total. The third kappa shape index (κ3) is 8.54. The van der Waals surface area contributed by atoms with Gasteiger partial charge in [-0.2, -0.15) is 0 Å². The van der Waals surface area contributed by atoms with Crippen molar-refractivity contribution in [2.24, 2.45) is 5.41 Å². The number of nitrogens with zero attached hydrogens (tertiary/aromatic N) is 1. The topological polar surface area (TPSA) is 3.24 Å². The number of halogens is 1. The summed E-state index contributed by atoms with van der Waals surface area (Å²) in [6, 6.07) is 0. The number of alkyl halides is 1. The molecule has 12 heavy (non-hydrogen) atoms. The zero-order valence-corrected chi connectivity index (χ0v) is 10.6. The molecule has 0 aliphatic rings. The standard InChI is InChI=1S/C10H22BrN/c1-9(11)8-12(5)7-6-10(2,3)4/h9H,6-8H2,1-5H3. The third-order valence-electron chi connectivity index (χ3n) is 1.81. The molecule has 0 aliphatic carbocycles. The van der Waals surface area contributed by atoms with Gasteiger partial charge in [-0.15, -0.1) is 0 Å². The Bertz CT molecular complexity index is 115. The molecule has 0 saturated carbocycles. The van der Waals surface area contributed by atoms with E-state index in [1.54, 1.807) is 0 Å². The van der Waals surface area contributed by atoms with Gasteiger partial charge in [-0.05, 0) is 25.4 Å². The predicted molar refractivity (Wildman–Crippen MR) is 60.0 cm³/mol. The van der Waals surface area contributed by atoms with Gasteiger partial charge in [0.15, 0.2) is 0 Å². The van der Waals surface area contributed by atoms with Gasteiger partial charge in [0.2, 0.25) is 0 Å². The SMILES string of the molecule is CC(Br)CN(C)CCC(C)(C)C. The second-order valence-corrected chi connectivity index (χ2v) is 6.42. The number of hydrogen-bond donors (Lipinski definition) is 0. The van der Waals surface area contributed by atoms with Crippen molar-refractivity contribution in [2.45, 2.75) is 38.9 Å². The first-order valence-electron chi connectivity index (χ1n) is 4.64. The Labute approximate surface area is 85.7 Å². The molecule has 0 saturated heterocycles. The van der Waals surface area contributed by atoms with Gasteiger partial charge in [0.1, 0.15) is 0 Å². The first-order chi connectivity index (χ1) is 5.31. The van der Waals surface area contributed by atoms with Crippen LogP contribution >= 0.6 is 15.9 Å². The second-order valence-electron chi connectivity index (χ2n) is 4.85. The average Bonchev–Trinajstić information content (AvgIpc) is 1.80. The summed E-state index contributed by atoms with van der Waals surface area (Å²) in [6.45, 7) is 11.4. The maximum atomic E-state index is 3.55. The Morgan fingerprint density at radius 2 is 1.83 bits per heavy atom. The van der Waals surface area contributed by atoms with Gasteiger partial charge in [0.05, 0.1) is 0 Å². The van der Waals surface area contributed by atoms with Crippen molar-refractivity contribution in [1.82, 2.24) is 4.90 Å². The van der Waals surface area contributed by atoms with Crippen molar-refractivity contribution >= 4 is 15.9 Å². The monoisotopic (exact) mass is 235 g/mol. The van der Waals surface area contributed by atoms with Crippen LogP contribution in [-0.4, -0.2) is 29.9 Å². The van der Waals surface area contributed by atoms with Gasteiger partial charge in [0.25, 0.3) is 0 Å². The quantitative estimate of drug-likeness (QED) is 0.678. The largest absolute Gasteiger partial charge is 0.305 e. The van der Waals surface area contributed by atoms with Gasteiger partial charge in [-0.3, -0.25) is 0 Å². The molecule has 0 radical (unpaired) electrons. The molecule has 74 valence electrons.